The number of alkyl halides is 3. The van der Waals surface area contributed by atoms with E-state index in [0.29, 0.717) is 11.3 Å². The Balaban J connectivity index is 2.24. The van der Waals surface area contributed by atoms with E-state index in [2.05, 4.69) is 16.1 Å². The predicted molar refractivity (Wildman–Crippen MR) is 100 cm³/mol. The third-order valence-corrected chi connectivity index (χ3v) is 3.95. The van der Waals surface area contributed by atoms with Gasteiger partial charge in [0.05, 0.1) is 0 Å². The molecule has 0 amide bonds. The third-order valence-electron chi connectivity index (χ3n) is 3.95. The first-order chi connectivity index (χ1) is 12.7. The van der Waals surface area contributed by atoms with Gasteiger partial charge in [-0.3, -0.25) is 0 Å². The Labute approximate surface area is 156 Å². The van der Waals surface area contributed by atoms with E-state index in [1.165, 1.54) is 6.07 Å². The largest absolute Gasteiger partial charge is 0.573 e. The normalized spacial score (nSPS) is 12.5. The molecule has 1 N–H and O–H groups in total. The number of hydrogen-bond acceptors (Lipinski definition) is 3. The summed E-state index contributed by atoms with van der Waals surface area (Å²) < 4.78 is 41.0. The zero-order valence-corrected chi connectivity index (χ0v) is 15.2. The lowest BCUT2D eigenvalue weighted by Gasteiger charge is -2.11. The molecule has 0 fully saturated rings. The Morgan fingerprint density at radius 1 is 1.11 bits per heavy atom. The third kappa shape index (κ3) is 5.65. The maximum atomic E-state index is 12.3. The van der Waals surface area contributed by atoms with Gasteiger partial charge < -0.3 is 10.1 Å². The van der Waals surface area contributed by atoms with Crippen LogP contribution >= 0.6 is 0 Å². The molecule has 2 aromatic rings. The summed E-state index contributed by atoms with van der Waals surface area (Å²) in [5, 5.41) is 12.0. The summed E-state index contributed by atoms with van der Waals surface area (Å²) in [6.07, 6.45) is -1.03. The van der Waals surface area contributed by atoms with Crippen LogP contribution in [0.15, 0.2) is 48.2 Å². The van der Waals surface area contributed by atoms with Crippen molar-refractivity contribution in [2.24, 2.45) is 0 Å². The van der Waals surface area contributed by atoms with Crippen LogP contribution in [0.25, 0.3) is 17.7 Å². The monoisotopic (exact) mass is 372 g/mol. The van der Waals surface area contributed by atoms with Crippen LogP contribution in [0.4, 0.5) is 13.2 Å². The van der Waals surface area contributed by atoms with Crippen LogP contribution in [0.2, 0.25) is 0 Å². The van der Waals surface area contributed by atoms with Crippen LogP contribution in [0.3, 0.4) is 0 Å². The van der Waals surface area contributed by atoms with Gasteiger partial charge in [0.1, 0.15) is 17.5 Å². The van der Waals surface area contributed by atoms with Crippen molar-refractivity contribution in [2.75, 3.05) is 7.05 Å². The molecule has 27 heavy (non-hydrogen) atoms. The van der Waals surface area contributed by atoms with Gasteiger partial charge in [-0.05, 0) is 59.9 Å². The zero-order chi connectivity index (χ0) is 20.0. The number of nitrogens with zero attached hydrogens (tertiary/aromatic N) is 1. The molecular formula is C21H19F3N2O. The first kappa shape index (κ1) is 20.1. The fourth-order valence-corrected chi connectivity index (χ4v) is 2.56. The lowest BCUT2D eigenvalue weighted by Crippen LogP contribution is -2.17. The number of nitriles is 1. The molecule has 0 bridgehead atoms. The summed E-state index contributed by atoms with van der Waals surface area (Å²) in [5.74, 6) is -0.210. The number of rotatable bonds is 5. The van der Waals surface area contributed by atoms with Crippen molar-refractivity contribution in [2.45, 2.75) is 20.2 Å². The Morgan fingerprint density at radius 3 is 2.33 bits per heavy atom. The minimum absolute atomic E-state index is 0.210. The molecule has 0 radical (unpaired) electrons. The molecule has 0 saturated carbocycles. The fraction of sp³-hybridized carbons (Fsp3) is 0.190. The molecule has 0 heterocycles. The van der Waals surface area contributed by atoms with Crippen LogP contribution in [0.1, 0.15) is 29.2 Å². The molecule has 2 aromatic carbocycles. The van der Waals surface area contributed by atoms with Crippen molar-refractivity contribution in [3.8, 4) is 11.8 Å². The van der Waals surface area contributed by atoms with Crippen molar-refractivity contribution in [3.63, 3.8) is 0 Å². The minimum atomic E-state index is -4.70. The van der Waals surface area contributed by atoms with E-state index in [1.54, 1.807) is 26.1 Å². The molecule has 2 rings (SSSR count). The van der Waals surface area contributed by atoms with Gasteiger partial charge in [0.25, 0.3) is 0 Å². The highest BCUT2D eigenvalue weighted by molar-refractivity contribution is 5.75. The van der Waals surface area contributed by atoms with E-state index in [-0.39, 0.29) is 5.75 Å². The van der Waals surface area contributed by atoms with E-state index in [9.17, 15) is 13.2 Å². The number of allylic oxidation sites excluding steroid dienone is 2. The second-order valence-corrected chi connectivity index (χ2v) is 5.89. The maximum Gasteiger partial charge on any atom is 0.573 e. The highest BCUT2D eigenvalue weighted by Crippen LogP contribution is 2.27. The van der Waals surface area contributed by atoms with Crippen LogP contribution in [0.5, 0.6) is 5.75 Å². The smallest absolute Gasteiger partial charge is 0.406 e. The Morgan fingerprint density at radius 2 is 1.78 bits per heavy atom. The molecular weight excluding hydrogens is 353 g/mol. The van der Waals surface area contributed by atoms with Crippen LogP contribution < -0.4 is 10.1 Å². The average molecular weight is 372 g/mol. The van der Waals surface area contributed by atoms with Crippen molar-refractivity contribution in [1.29, 1.82) is 5.26 Å². The second-order valence-electron chi connectivity index (χ2n) is 5.89. The van der Waals surface area contributed by atoms with Gasteiger partial charge in [-0.1, -0.05) is 36.4 Å². The molecule has 0 aromatic heterocycles. The van der Waals surface area contributed by atoms with Gasteiger partial charge in [0.2, 0.25) is 0 Å². The summed E-state index contributed by atoms with van der Waals surface area (Å²) >= 11 is 0. The highest BCUT2D eigenvalue weighted by atomic mass is 19.4. The molecule has 0 aliphatic heterocycles. The molecule has 0 aliphatic carbocycles. The molecule has 0 atom stereocenters. The SMILES string of the molecule is CN/C(C#N)=C(\C)c1cccc(/C=C/c2ccc(OC(F)(F)F)c(C)c2)c1. The van der Waals surface area contributed by atoms with E-state index in [4.69, 9.17) is 5.26 Å². The Bertz CT molecular complexity index is 922. The summed E-state index contributed by atoms with van der Waals surface area (Å²) in [6.45, 7) is 3.43. The molecule has 0 unspecified atom stereocenters. The van der Waals surface area contributed by atoms with E-state index < -0.39 is 6.36 Å². The first-order valence-electron chi connectivity index (χ1n) is 8.17. The van der Waals surface area contributed by atoms with E-state index >= 15 is 0 Å². The minimum Gasteiger partial charge on any atom is -0.406 e. The van der Waals surface area contributed by atoms with Crippen LogP contribution in [0, 0.1) is 18.3 Å². The lowest BCUT2D eigenvalue weighted by atomic mass is 10.0. The first-order valence-corrected chi connectivity index (χ1v) is 8.17. The second kappa shape index (κ2) is 8.45. The number of nitrogens with one attached hydrogen (secondary N) is 1. The topological polar surface area (TPSA) is 45.0 Å². The van der Waals surface area contributed by atoms with E-state index in [0.717, 1.165) is 22.3 Å². The molecule has 0 aliphatic rings. The van der Waals surface area contributed by atoms with Crippen molar-refractivity contribution < 1.29 is 17.9 Å². The molecule has 0 saturated heterocycles. The van der Waals surface area contributed by atoms with Crippen molar-refractivity contribution in [3.05, 3.63) is 70.4 Å². The van der Waals surface area contributed by atoms with Gasteiger partial charge in [-0.15, -0.1) is 13.2 Å². The predicted octanol–water partition coefficient (Wildman–Crippen LogP) is 5.54. The number of halogens is 3. The summed E-state index contributed by atoms with van der Waals surface area (Å²) in [6, 6.07) is 14.3. The molecule has 140 valence electrons. The van der Waals surface area contributed by atoms with Gasteiger partial charge in [-0.2, -0.15) is 5.26 Å². The average Bonchev–Trinajstić information content (AvgIpc) is 2.62. The summed E-state index contributed by atoms with van der Waals surface area (Å²) in [4.78, 5) is 0. The lowest BCUT2D eigenvalue weighted by molar-refractivity contribution is -0.274. The highest BCUT2D eigenvalue weighted by Gasteiger charge is 2.31. The van der Waals surface area contributed by atoms with Crippen LogP contribution in [-0.4, -0.2) is 13.4 Å². The van der Waals surface area contributed by atoms with Gasteiger partial charge in [-0.25, -0.2) is 0 Å². The van der Waals surface area contributed by atoms with Crippen molar-refractivity contribution in [1.82, 2.24) is 5.32 Å². The summed E-state index contributed by atoms with van der Waals surface area (Å²) in [7, 11) is 1.69. The number of benzene rings is 2. The molecule has 6 heteroatoms. The Kier molecular flexibility index (Phi) is 6.30. The number of hydrogen-bond donors (Lipinski definition) is 1. The standard InChI is InChI=1S/C21H19F3N2O/c1-14-11-17(9-10-20(14)27-21(22,23)24)8-7-16-5-4-6-18(12-16)15(2)19(13-25)26-3/h4-12,26H,1-3H3/b8-7+,19-15+. The summed E-state index contributed by atoms with van der Waals surface area (Å²) in [5.41, 5.74) is 4.30. The van der Waals surface area contributed by atoms with Crippen molar-refractivity contribution >= 4 is 17.7 Å². The molecule has 0 spiro atoms. The Hall–Kier alpha value is -3.20. The van der Waals surface area contributed by atoms with Crippen LogP contribution in [-0.2, 0) is 0 Å². The van der Waals surface area contributed by atoms with E-state index in [1.807, 2.05) is 43.3 Å². The van der Waals surface area contributed by atoms with Gasteiger partial charge in [0, 0.05) is 7.05 Å². The zero-order valence-electron chi connectivity index (χ0n) is 15.2. The number of ether oxygens (including phenoxy) is 1. The van der Waals surface area contributed by atoms with Gasteiger partial charge >= 0.3 is 6.36 Å². The quantitative estimate of drug-likeness (QED) is 0.554. The van der Waals surface area contributed by atoms with Gasteiger partial charge in [0.15, 0.2) is 0 Å². The molecule has 3 nitrogen and oxygen atoms in total. The maximum absolute atomic E-state index is 12.3. The number of aryl methyl sites for hydroxylation is 1. The fourth-order valence-electron chi connectivity index (χ4n) is 2.56.